The molecule has 0 aliphatic carbocycles. The first-order valence-corrected chi connectivity index (χ1v) is 10.6. The van der Waals surface area contributed by atoms with Crippen molar-refractivity contribution in [1.82, 2.24) is 4.90 Å². The number of rotatable bonds is 5. The maximum absolute atomic E-state index is 13.3. The Balaban J connectivity index is 1.44. The molecule has 4 rings (SSSR count). The normalized spacial score (nSPS) is 16.4. The predicted molar refractivity (Wildman–Crippen MR) is 124 cm³/mol. The third-order valence-electron chi connectivity index (χ3n) is 4.73. The van der Waals surface area contributed by atoms with Crippen molar-refractivity contribution in [2.75, 3.05) is 7.05 Å². The molecule has 1 saturated heterocycles. The van der Waals surface area contributed by atoms with Crippen LogP contribution in [0.3, 0.4) is 0 Å². The van der Waals surface area contributed by atoms with E-state index >= 15 is 0 Å². The number of amidine groups is 1. The third kappa shape index (κ3) is 5.22. The number of hydrogen-bond donors (Lipinski definition) is 0. The SMILES string of the molecule is Cc1ccc(N=C2S/C(=C/c3ccc(OCc4cccc(F)c4)cc3)C(=O)N2C)cc1. The Morgan fingerprint density at radius 2 is 1.81 bits per heavy atom. The summed E-state index contributed by atoms with van der Waals surface area (Å²) in [4.78, 5) is 19.4. The molecule has 0 saturated carbocycles. The summed E-state index contributed by atoms with van der Waals surface area (Å²) < 4.78 is 19.0. The molecule has 0 unspecified atom stereocenters. The summed E-state index contributed by atoms with van der Waals surface area (Å²) in [6, 6.07) is 21.6. The predicted octanol–water partition coefficient (Wildman–Crippen LogP) is 5.95. The Kier molecular flexibility index (Phi) is 6.18. The molecule has 0 aromatic heterocycles. The van der Waals surface area contributed by atoms with Gasteiger partial charge in [0, 0.05) is 7.05 Å². The van der Waals surface area contributed by atoms with Crippen LogP contribution in [0.1, 0.15) is 16.7 Å². The van der Waals surface area contributed by atoms with Gasteiger partial charge in [0.2, 0.25) is 0 Å². The maximum Gasteiger partial charge on any atom is 0.266 e. The van der Waals surface area contributed by atoms with E-state index in [0.717, 1.165) is 22.4 Å². The average molecular weight is 433 g/mol. The molecule has 1 amide bonds. The van der Waals surface area contributed by atoms with Crippen molar-refractivity contribution in [3.8, 4) is 5.75 Å². The standard InChI is InChI=1S/C25H21FN2O2S/c1-17-6-10-21(11-7-17)27-25-28(2)24(29)23(31-25)15-18-8-12-22(13-9-18)30-16-19-4-3-5-20(26)14-19/h3-15H,16H2,1-2H3/b23-15+,27-25?. The molecule has 0 radical (unpaired) electrons. The van der Waals surface area contributed by atoms with E-state index in [2.05, 4.69) is 4.99 Å². The minimum absolute atomic E-state index is 0.0812. The van der Waals surface area contributed by atoms with Crippen LogP contribution >= 0.6 is 11.8 Å². The second-order valence-corrected chi connectivity index (χ2v) is 8.20. The molecule has 4 nitrogen and oxygen atoms in total. The molecule has 6 heteroatoms. The van der Waals surface area contributed by atoms with Crippen LogP contribution in [0.5, 0.6) is 5.75 Å². The minimum atomic E-state index is -0.281. The first kappa shape index (κ1) is 20.9. The highest BCUT2D eigenvalue weighted by atomic mass is 32.2. The van der Waals surface area contributed by atoms with E-state index in [0.29, 0.717) is 15.8 Å². The van der Waals surface area contributed by atoms with Crippen LogP contribution in [0.25, 0.3) is 6.08 Å². The van der Waals surface area contributed by atoms with Crippen molar-refractivity contribution in [2.45, 2.75) is 13.5 Å². The van der Waals surface area contributed by atoms with Crippen LogP contribution in [0.4, 0.5) is 10.1 Å². The van der Waals surface area contributed by atoms with E-state index in [-0.39, 0.29) is 18.3 Å². The molecular weight excluding hydrogens is 411 g/mol. The molecular formula is C25H21FN2O2S. The number of hydrogen-bond acceptors (Lipinski definition) is 4. The lowest BCUT2D eigenvalue weighted by Gasteiger charge is -2.07. The lowest BCUT2D eigenvalue weighted by Crippen LogP contribution is -2.23. The number of thioether (sulfide) groups is 1. The zero-order chi connectivity index (χ0) is 21.8. The van der Waals surface area contributed by atoms with Gasteiger partial charge in [-0.1, -0.05) is 42.0 Å². The molecule has 1 aliphatic heterocycles. The summed E-state index contributed by atoms with van der Waals surface area (Å²) in [6.07, 6.45) is 1.84. The van der Waals surface area contributed by atoms with Gasteiger partial charge in [0.25, 0.3) is 5.91 Å². The fourth-order valence-corrected chi connectivity index (χ4v) is 3.97. The van der Waals surface area contributed by atoms with Gasteiger partial charge in [0.05, 0.1) is 10.6 Å². The van der Waals surface area contributed by atoms with Gasteiger partial charge in [-0.15, -0.1) is 0 Å². The Morgan fingerprint density at radius 3 is 2.52 bits per heavy atom. The summed E-state index contributed by atoms with van der Waals surface area (Å²) in [5, 5.41) is 0.648. The van der Waals surface area contributed by atoms with Crippen LogP contribution in [-0.2, 0) is 11.4 Å². The molecule has 1 aliphatic rings. The van der Waals surface area contributed by atoms with Gasteiger partial charge in [0.15, 0.2) is 5.17 Å². The smallest absolute Gasteiger partial charge is 0.266 e. The molecule has 0 atom stereocenters. The van der Waals surface area contributed by atoms with Gasteiger partial charge in [-0.2, -0.15) is 0 Å². The third-order valence-corrected chi connectivity index (χ3v) is 5.79. The number of likely N-dealkylation sites (N-methyl/N-ethyl adjacent to an activating group) is 1. The number of carbonyl (C=O) groups is 1. The Morgan fingerprint density at radius 1 is 1.06 bits per heavy atom. The molecule has 1 heterocycles. The highest BCUT2D eigenvalue weighted by molar-refractivity contribution is 8.18. The van der Waals surface area contributed by atoms with Crippen molar-refractivity contribution in [2.24, 2.45) is 4.99 Å². The lowest BCUT2D eigenvalue weighted by molar-refractivity contribution is -0.121. The van der Waals surface area contributed by atoms with Gasteiger partial charge < -0.3 is 4.74 Å². The number of nitrogens with zero attached hydrogens (tertiary/aromatic N) is 2. The first-order chi connectivity index (χ1) is 15.0. The van der Waals surface area contributed by atoms with Crippen LogP contribution < -0.4 is 4.74 Å². The summed E-state index contributed by atoms with van der Waals surface area (Å²) in [6.45, 7) is 2.31. The Labute approximate surface area is 185 Å². The van der Waals surface area contributed by atoms with Gasteiger partial charge >= 0.3 is 0 Å². The minimum Gasteiger partial charge on any atom is -0.489 e. The summed E-state index contributed by atoms with van der Waals surface area (Å²) in [5.41, 5.74) is 3.63. The Hall–Kier alpha value is -3.38. The number of aliphatic imine (C=N–C) groups is 1. The molecule has 156 valence electrons. The van der Waals surface area contributed by atoms with Gasteiger partial charge in [-0.3, -0.25) is 9.69 Å². The van der Waals surface area contributed by atoms with Crippen molar-refractivity contribution >= 4 is 34.6 Å². The van der Waals surface area contributed by atoms with Crippen molar-refractivity contribution in [3.05, 3.63) is 100 Å². The lowest BCUT2D eigenvalue weighted by atomic mass is 10.2. The number of benzene rings is 3. The number of amides is 1. The highest BCUT2D eigenvalue weighted by Gasteiger charge is 2.30. The fraction of sp³-hybridized carbons (Fsp3) is 0.120. The summed E-state index contributed by atoms with van der Waals surface area (Å²) >= 11 is 1.35. The monoisotopic (exact) mass is 432 g/mol. The summed E-state index contributed by atoms with van der Waals surface area (Å²) in [5.74, 6) is 0.315. The maximum atomic E-state index is 13.3. The van der Waals surface area contributed by atoms with Gasteiger partial charge in [-0.25, -0.2) is 9.38 Å². The van der Waals surface area contributed by atoms with Crippen molar-refractivity contribution in [1.29, 1.82) is 0 Å². The fourth-order valence-electron chi connectivity index (χ4n) is 2.99. The van der Waals surface area contributed by atoms with E-state index in [4.69, 9.17) is 4.74 Å². The average Bonchev–Trinajstić information content (AvgIpc) is 3.03. The Bertz CT molecular complexity index is 1150. The van der Waals surface area contributed by atoms with E-state index in [1.807, 2.05) is 67.6 Å². The summed E-state index contributed by atoms with van der Waals surface area (Å²) in [7, 11) is 1.73. The zero-order valence-electron chi connectivity index (χ0n) is 17.2. The highest BCUT2D eigenvalue weighted by Crippen LogP contribution is 2.33. The van der Waals surface area contributed by atoms with Gasteiger partial charge in [-0.05, 0) is 72.3 Å². The number of halogens is 1. The molecule has 0 N–H and O–H groups in total. The zero-order valence-corrected chi connectivity index (χ0v) is 18.0. The van der Waals surface area contributed by atoms with Crippen LogP contribution in [-0.4, -0.2) is 23.0 Å². The van der Waals surface area contributed by atoms with E-state index in [1.54, 1.807) is 18.0 Å². The van der Waals surface area contributed by atoms with Crippen molar-refractivity contribution in [3.63, 3.8) is 0 Å². The first-order valence-electron chi connectivity index (χ1n) is 9.78. The topological polar surface area (TPSA) is 41.9 Å². The second-order valence-electron chi connectivity index (χ2n) is 7.19. The van der Waals surface area contributed by atoms with Gasteiger partial charge in [0.1, 0.15) is 18.2 Å². The number of aryl methyl sites for hydroxylation is 1. The van der Waals surface area contributed by atoms with Crippen molar-refractivity contribution < 1.29 is 13.9 Å². The van der Waals surface area contributed by atoms with Crippen LogP contribution in [0.2, 0.25) is 0 Å². The van der Waals surface area contributed by atoms with Crippen LogP contribution in [0.15, 0.2) is 82.7 Å². The molecule has 3 aromatic carbocycles. The molecule has 31 heavy (non-hydrogen) atoms. The van der Waals surface area contributed by atoms with Crippen LogP contribution in [0, 0.1) is 12.7 Å². The number of ether oxygens (including phenoxy) is 1. The molecule has 3 aromatic rings. The molecule has 1 fully saturated rings. The molecule has 0 bridgehead atoms. The second kappa shape index (κ2) is 9.18. The van der Waals surface area contributed by atoms with E-state index < -0.39 is 0 Å². The molecule has 0 spiro atoms. The van der Waals surface area contributed by atoms with E-state index in [1.165, 1.54) is 23.9 Å². The van der Waals surface area contributed by atoms with E-state index in [9.17, 15) is 9.18 Å². The quantitative estimate of drug-likeness (QED) is 0.468. The number of carbonyl (C=O) groups excluding carboxylic acids is 1. The largest absolute Gasteiger partial charge is 0.489 e.